The van der Waals surface area contributed by atoms with Crippen LogP contribution >= 0.6 is 0 Å². The maximum absolute atomic E-state index is 10.2. The summed E-state index contributed by atoms with van der Waals surface area (Å²) in [6.07, 6.45) is -0.973. The van der Waals surface area contributed by atoms with Crippen molar-refractivity contribution in [2.75, 3.05) is 13.2 Å². The molecule has 6 nitrogen and oxygen atoms in total. The highest BCUT2D eigenvalue weighted by atomic mass is 16.3. The summed E-state index contributed by atoms with van der Waals surface area (Å²) in [6.45, 7) is -0.391. The van der Waals surface area contributed by atoms with Crippen LogP contribution in [0.15, 0.2) is 59.7 Å². The van der Waals surface area contributed by atoms with Crippen LogP contribution in [0.2, 0.25) is 0 Å². The van der Waals surface area contributed by atoms with Crippen LogP contribution in [0, 0.1) is 11.8 Å². The van der Waals surface area contributed by atoms with E-state index in [9.17, 15) is 10.2 Å². The second kappa shape index (κ2) is 9.48. The molecular formula is C19H20N4O2. The third-order valence-electron chi connectivity index (χ3n) is 3.84. The van der Waals surface area contributed by atoms with Crippen molar-refractivity contribution in [3.05, 3.63) is 81.7 Å². The van der Waals surface area contributed by atoms with Gasteiger partial charge in [-0.2, -0.15) is 0 Å². The average molecular weight is 336 g/mol. The topological polar surface area (TPSA) is 115 Å². The minimum Gasteiger partial charge on any atom is -0.395 e. The summed E-state index contributed by atoms with van der Waals surface area (Å²) in [5.41, 5.74) is 16.8. The first-order valence-corrected chi connectivity index (χ1v) is 7.88. The summed E-state index contributed by atoms with van der Waals surface area (Å²) in [5, 5.41) is 23.0. The zero-order valence-electron chi connectivity index (χ0n) is 13.7. The van der Waals surface area contributed by atoms with E-state index in [1.165, 1.54) is 0 Å². The largest absolute Gasteiger partial charge is 0.395 e. The smallest absolute Gasteiger partial charge is 0.0680 e. The van der Waals surface area contributed by atoms with E-state index in [2.05, 4.69) is 21.9 Å². The van der Waals surface area contributed by atoms with E-state index >= 15 is 0 Å². The van der Waals surface area contributed by atoms with Crippen molar-refractivity contribution in [3.8, 4) is 11.8 Å². The fourth-order valence-electron chi connectivity index (χ4n) is 2.56. The highest BCUT2D eigenvalue weighted by molar-refractivity contribution is 5.43. The van der Waals surface area contributed by atoms with Crippen molar-refractivity contribution in [3.63, 3.8) is 0 Å². The SMILES string of the molecule is [N-]=[N+]=NC[C@@H](O)[C@@H](c1ccc(C#Cc2ccccc2)cc1)[C@H](N)CO. The van der Waals surface area contributed by atoms with Gasteiger partial charge in [0.15, 0.2) is 0 Å². The van der Waals surface area contributed by atoms with E-state index in [-0.39, 0.29) is 13.2 Å². The highest BCUT2D eigenvalue weighted by Gasteiger charge is 2.26. The highest BCUT2D eigenvalue weighted by Crippen LogP contribution is 2.24. The molecule has 0 aliphatic rings. The van der Waals surface area contributed by atoms with Crippen molar-refractivity contribution >= 4 is 0 Å². The predicted molar refractivity (Wildman–Crippen MR) is 96.7 cm³/mol. The molecule has 0 bridgehead atoms. The molecular weight excluding hydrogens is 316 g/mol. The van der Waals surface area contributed by atoms with Crippen molar-refractivity contribution in [1.82, 2.24) is 0 Å². The lowest BCUT2D eigenvalue weighted by molar-refractivity contribution is 0.120. The van der Waals surface area contributed by atoms with Gasteiger partial charge in [0.1, 0.15) is 0 Å². The van der Waals surface area contributed by atoms with Gasteiger partial charge >= 0.3 is 0 Å². The lowest BCUT2D eigenvalue weighted by Gasteiger charge is -2.27. The van der Waals surface area contributed by atoms with Crippen LogP contribution in [0.4, 0.5) is 0 Å². The summed E-state index contributed by atoms with van der Waals surface area (Å²) in [5.74, 6) is 5.61. The predicted octanol–water partition coefficient (Wildman–Crippen LogP) is 2.16. The van der Waals surface area contributed by atoms with E-state index < -0.39 is 18.1 Å². The number of nitrogens with two attached hydrogens (primary N) is 1. The molecule has 2 aromatic carbocycles. The van der Waals surface area contributed by atoms with Crippen LogP contribution in [0.5, 0.6) is 0 Å². The van der Waals surface area contributed by atoms with Gasteiger partial charge in [-0.1, -0.05) is 47.3 Å². The summed E-state index contributed by atoms with van der Waals surface area (Å²) in [4.78, 5) is 2.65. The number of nitrogens with zero attached hydrogens (tertiary/aromatic N) is 3. The standard InChI is InChI=1S/C19H20N4O2/c20-17(13-24)19(18(25)12-22-23-21)16-10-8-15(9-11-16)7-6-14-4-2-1-3-5-14/h1-5,8-11,17-19,24-25H,12-13,20H2/t17-,18-,19+/m1/s1. The Balaban J connectivity index is 2.20. The summed E-state index contributed by atoms with van der Waals surface area (Å²) in [6, 6.07) is 16.3. The Labute approximate surface area is 146 Å². The van der Waals surface area contributed by atoms with Gasteiger partial charge in [0.2, 0.25) is 0 Å². The Morgan fingerprint density at radius 1 is 1.04 bits per heavy atom. The number of benzene rings is 2. The molecule has 0 amide bonds. The first-order chi connectivity index (χ1) is 12.2. The van der Waals surface area contributed by atoms with E-state index in [0.717, 1.165) is 16.7 Å². The molecule has 0 aliphatic carbocycles. The molecule has 0 radical (unpaired) electrons. The first-order valence-electron chi connectivity index (χ1n) is 7.88. The molecule has 0 saturated heterocycles. The van der Waals surface area contributed by atoms with Gasteiger partial charge in [-0.25, -0.2) is 0 Å². The monoisotopic (exact) mass is 336 g/mol. The van der Waals surface area contributed by atoms with Crippen LogP contribution in [0.25, 0.3) is 10.4 Å². The van der Waals surface area contributed by atoms with Crippen LogP contribution < -0.4 is 5.73 Å². The third kappa shape index (κ3) is 5.35. The fraction of sp³-hybridized carbons (Fsp3) is 0.263. The van der Waals surface area contributed by atoms with Crippen molar-refractivity contribution in [1.29, 1.82) is 0 Å². The van der Waals surface area contributed by atoms with Gasteiger partial charge in [-0.15, -0.1) is 0 Å². The van der Waals surface area contributed by atoms with Crippen LogP contribution in [0.1, 0.15) is 22.6 Å². The zero-order valence-corrected chi connectivity index (χ0v) is 13.7. The third-order valence-corrected chi connectivity index (χ3v) is 3.84. The Bertz CT molecular complexity index is 775. The summed E-state index contributed by atoms with van der Waals surface area (Å²) < 4.78 is 0. The van der Waals surface area contributed by atoms with Gasteiger partial charge in [-0.05, 0) is 35.4 Å². The molecule has 0 aliphatic heterocycles. The molecule has 4 N–H and O–H groups in total. The number of aliphatic hydroxyl groups excluding tert-OH is 2. The first kappa shape index (κ1) is 18.5. The van der Waals surface area contributed by atoms with Crippen LogP contribution in [-0.2, 0) is 0 Å². The quantitative estimate of drug-likeness (QED) is 0.325. The van der Waals surface area contributed by atoms with E-state index in [0.29, 0.717) is 0 Å². The van der Waals surface area contributed by atoms with Gasteiger partial charge < -0.3 is 15.9 Å². The zero-order chi connectivity index (χ0) is 18.1. The molecule has 0 spiro atoms. The number of azide groups is 1. The maximum atomic E-state index is 10.2. The normalized spacial score (nSPS) is 13.7. The number of aliphatic hydroxyl groups is 2. The Kier molecular flexibility index (Phi) is 7.02. The minimum atomic E-state index is -0.973. The van der Waals surface area contributed by atoms with Crippen molar-refractivity contribution < 1.29 is 10.2 Å². The minimum absolute atomic E-state index is 0.107. The molecule has 6 heteroatoms. The lowest BCUT2D eigenvalue weighted by atomic mass is 9.86. The van der Waals surface area contributed by atoms with Gasteiger partial charge in [0, 0.05) is 28.0 Å². The number of hydrogen-bond donors (Lipinski definition) is 3. The molecule has 0 aromatic heterocycles. The van der Waals surface area contributed by atoms with E-state index in [1.54, 1.807) is 0 Å². The molecule has 25 heavy (non-hydrogen) atoms. The van der Waals surface area contributed by atoms with Crippen LogP contribution in [-0.4, -0.2) is 35.5 Å². The fourth-order valence-corrected chi connectivity index (χ4v) is 2.56. The summed E-state index contributed by atoms with van der Waals surface area (Å²) in [7, 11) is 0. The van der Waals surface area contributed by atoms with E-state index in [4.69, 9.17) is 11.3 Å². The van der Waals surface area contributed by atoms with Crippen molar-refractivity contribution in [2.45, 2.75) is 18.1 Å². The Morgan fingerprint density at radius 3 is 2.20 bits per heavy atom. The molecule has 3 atom stereocenters. The molecule has 0 heterocycles. The van der Waals surface area contributed by atoms with Gasteiger partial charge in [-0.3, -0.25) is 0 Å². The molecule has 2 aromatic rings. The molecule has 0 unspecified atom stereocenters. The van der Waals surface area contributed by atoms with Crippen LogP contribution in [0.3, 0.4) is 0 Å². The molecule has 0 fully saturated rings. The second-order valence-electron chi connectivity index (χ2n) is 5.59. The number of rotatable bonds is 6. The molecule has 0 saturated carbocycles. The Morgan fingerprint density at radius 2 is 1.64 bits per heavy atom. The summed E-state index contributed by atoms with van der Waals surface area (Å²) >= 11 is 0. The lowest BCUT2D eigenvalue weighted by Crippen LogP contribution is -2.40. The van der Waals surface area contributed by atoms with Gasteiger partial charge in [0.25, 0.3) is 0 Å². The van der Waals surface area contributed by atoms with Crippen molar-refractivity contribution in [2.24, 2.45) is 10.8 Å². The van der Waals surface area contributed by atoms with E-state index in [1.807, 2.05) is 54.6 Å². The van der Waals surface area contributed by atoms with Gasteiger partial charge in [0.05, 0.1) is 19.3 Å². The second-order valence-corrected chi connectivity index (χ2v) is 5.59. The maximum Gasteiger partial charge on any atom is 0.0680 e. The Hall–Kier alpha value is -2.81. The average Bonchev–Trinajstić information content (AvgIpc) is 2.66. The molecule has 128 valence electrons. The molecule has 2 rings (SSSR count). The number of hydrogen-bond acceptors (Lipinski definition) is 4.